The molecule has 0 saturated heterocycles. The van der Waals surface area contributed by atoms with Crippen LogP contribution in [-0.2, 0) is 11.2 Å². The summed E-state index contributed by atoms with van der Waals surface area (Å²) < 4.78 is 5.36. The average Bonchev–Trinajstić information content (AvgIpc) is 2.49. The highest BCUT2D eigenvalue weighted by Gasteiger charge is 2.41. The smallest absolute Gasteiger partial charge is 0.303 e. The molecule has 0 aliphatic heterocycles. The highest BCUT2D eigenvalue weighted by molar-refractivity contribution is 5.69. The Balaban J connectivity index is 2.46. The molecular weight excluding hydrogens is 216 g/mol. The van der Waals surface area contributed by atoms with Crippen molar-refractivity contribution in [1.29, 1.82) is 0 Å². The topological polar surface area (TPSA) is 46.5 Å². The van der Waals surface area contributed by atoms with Gasteiger partial charge in [-0.05, 0) is 29.0 Å². The summed E-state index contributed by atoms with van der Waals surface area (Å²) in [6.45, 7) is 4.25. The minimum Gasteiger partial charge on any atom is -0.496 e. The van der Waals surface area contributed by atoms with Crippen LogP contribution >= 0.6 is 0 Å². The molecule has 3 nitrogen and oxygen atoms in total. The second-order valence-electron chi connectivity index (χ2n) is 5.34. The van der Waals surface area contributed by atoms with Crippen molar-refractivity contribution >= 4 is 5.97 Å². The van der Waals surface area contributed by atoms with E-state index in [9.17, 15) is 4.79 Å². The molecule has 0 aromatic heterocycles. The molecule has 0 radical (unpaired) electrons. The first-order chi connectivity index (χ1) is 7.95. The lowest BCUT2D eigenvalue weighted by atomic mass is 9.78. The quantitative estimate of drug-likeness (QED) is 0.874. The Morgan fingerprint density at radius 3 is 2.82 bits per heavy atom. The summed E-state index contributed by atoms with van der Waals surface area (Å²) >= 11 is 0. The molecule has 1 N–H and O–H groups in total. The molecule has 0 bridgehead atoms. The summed E-state index contributed by atoms with van der Waals surface area (Å²) in [7, 11) is 1.66. The van der Waals surface area contributed by atoms with Crippen molar-refractivity contribution < 1.29 is 14.6 Å². The highest BCUT2D eigenvalue weighted by Crippen LogP contribution is 2.51. The monoisotopic (exact) mass is 234 g/mol. The molecule has 92 valence electrons. The van der Waals surface area contributed by atoms with Crippen LogP contribution in [-0.4, -0.2) is 18.2 Å². The molecule has 1 unspecified atom stereocenters. The van der Waals surface area contributed by atoms with Crippen molar-refractivity contribution in [3.05, 3.63) is 29.3 Å². The number of ether oxygens (including phenoxy) is 1. The van der Waals surface area contributed by atoms with Gasteiger partial charge in [0.2, 0.25) is 0 Å². The number of carboxylic acids is 1. The molecule has 1 aromatic carbocycles. The van der Waals surface area contributed by atoms with E-state index in [4.69, 9.17) is 9.84 Å². The molecule has 17 heavy (non-hydrogen) atoms. The Kier molecular flexibility index (Phi) is 2.86. The van der Waals surface area contributed by atoms with E-state index in [1.807, 2.05) is 18.2 Å². The SMILES string of the molecule is COc1cccc2c1CC(C)(C)C2CC(=O)O. The number of methoxy groups -OCH3 is 1. The first-order valence-corrected chi connectivity index (χ1v) is 5.83. The summed E-state index contributed by atoms with van der Waals surface area (Å²) in [5.41, 5.74) is 2.29. The second-order valence-corrected chi connectivity index (χ2v) is 5.34. The molecule has 2 rings (SSSR count). The first kappa shape index (κ1) is 12.0. The van der Waals surface area contributed by atoms with Crippen LogP contribution < -0.4 is 4.74 Å². The second kappa shape index (κ2) is 4.06. The molecule has 1 atom stereocenters. The predicted octanol–water partition coefficient (Wildman–Crippen LogP) is 2.84. The Bertz CT molecular complexity index is 449. The highest BCUT2D eigenvalue weighted by atomic mass is 16.5. The molecule has 0 amide bonds. The molecule has 1 aliphatic rings. The fourth-order valence-corrected chi connectivity index (χ4v) is 2.85. The van der Waals surface area contributed by atoms with Gasteiger partial charge in [0.25, 0.3) is 0 Å². The third kappa shape index (κ3) is 2.02. The summed E-state index contributed by atoms with van der Waals surface area (Å²) in [5.74, 6) is 0.215. The summed E-state index contributed by atoms with van der Waals surface area (Å²) in [6.07, 6.45) is 1.07. The lowest BCUT2D eigenvalue weighted by Crippen LogP contribution is -2.20. The van der Waals surface area contributed by atoms with Gasteiger partial charge in [-0.1, -0.05) is 26.0 Å². The average molecular weight is 234 g/mol. The van der Waals surface area contributed by atoms with Gasteiger partial charge >= 0.3 is 5.97 Å². The van der Waals surface area contributed by atoms with Crippen LogP contribution in [0.15, 0.2) is 18.2 Å². The molecule has 0 heterocycles. The van der Waals surface area contributed by atoms with E-state index in [0.29, 0.717) is 0 Å². The lowest BCUT2D eigenvalue weighted by Gasteiger charge is -2.26. The minimum atomic E-state index is -0.737. The number of aliphatic carboxylic acids is 1. The van der Waals surface area contributed by atoms with E-state index in [0.717, 1.165) is 17.7 Å². The molecule has 1 aliphatic carbocycles. The Morgan fingerprint density at radius 2 is 2.24 bits per heavy atom. The van der Waals surface area contributed by atoms with Gasteiger partial charge in [0.15, 0.2) is 0 Å². The zero-order valence-electron chi connectivity index (χ0n) is 10.5. The zero-order chi connectivity index (χ0) is 12.6. The summed E-state index contributed by atoms with van der Waals surface area (Å²) in [6, 6.07) is 5.91. The molecule has 0 saturated carbocycles. The van der Waals surface area contributed by atoms with Gasteiger partial charge in [0.05, 0.1) is 13.5 Å². The maximum Gasteiger partial charge on any atom is 0.303 e. The number of carbonyl (C=O) groups is 1. The van der Waals surface area contributed by atoms with Crippen molar-refractivity contribution in [2.24, 2.45) is 5.41 Å². The fraction of sp³-hybridized carbons (Fsp3) is 0.500. The van der Waals surface area contributed by atoms with Gasteiger partial charge < -0.3 is 9.84 Å². The molecular formula is C14H18O3. The summed E-state index contributed by atoms with van der Waals surface area (Å²) in [5, 5.41) is 9.03. The lowest BCUT2D eigenvalue weighted by molar-refractivity contribution is -0.138. The van der Waals surface area contributed by atoms with Gasteiger partial charge in [-0.15, -0.1) is 0 Å². The third-order valence-electron chi connectivity index (χ3n) is 3.72. The van der Waals surface area contributed by atoms with Gasteiger partial charge in [-0.2, -0.15) is 0 Å². The molecule has 3 heteroatoms. The Labute approximate surface area is 101 Å². The fourth-order valence-electron chi connectivity index (χ4n) is 2.85. The first-order valence-electron chi connectivity index (χ1n) is 5.83. The van der Waals surface area contributed by atoms with Crippen LogP contribution in [0.4, 0.5) is 0 Å². The van der Waals surface area contributed by atoms with Crippen LogP contribution in [0.1, 0.15) is 37.3 Å². The van der Waals surface area contributed by atoms with Crippen molar-refractivity contribution in [3.63, 3.8) is 0 Å². The van der Waals surface area contributed by atoms with E-state index in [1.54, 1.807) is 7.11 Å². The standard InChI is InChI=1S/C14H18O3/c1-14(2)8-10-9(11(14)7-13(15)16)5-4-6-12(10)17-3/h4-6,11H,7-8H2,1-3H3,(H,15,16). The van der Waals surface area contributed by atoms with Crippen LogP contribution in [0.3, 0.4) is 0 Å². The number of hydrogen-bond donors (Lipinski definition) is 1. The van der Waals surface area contributed by atoms with Crippen LogP contribution in [0.5, 0.6) is 5.75 Å². The van der Waals surface area contributed by atoms with Crippen molar-refractivity contribution in [2.45, 2.75) is 32.6 Å². The molecule has 0 fully saturated rings. The minimum absolute atomic E-state index is 0.0185. The van der Waals surface area contributed by atoms with Crippen molar-refractivity contribution in [1.82, 2.24) is 0 Å². The van der Waals surface area contributed by atoms with E-state index in [1.165, 1.54) is 5.56 Å². The maximum absolute atomic E-state index is 11.0. The van der Waals surface area contributed by atoms with Gasteiger partial charge in [-0.25, -0.2) is 0 Å². The largest absolute Gasteiger partial charge is 0.496 e. The number of carboxylic acid groups (broad SMARTS) is 1. The Morgan fingerprint density at radius 1 is 1.53 bits per heavy atom. The van der Waals surface area contributed by atoms with Crippen molar-refractivity contribution in [3.8, 4) is 5.75 Å². The van der Waals surface area contributed by atoms with Crippen molar-refractivity contribution in [2.75, 3.05) is 7.11 Å². The predicted molar refractivity (Wildman–Crippen MR) is 65.5 cm³/mol. The van der Waals surface area contributed by atoms with E-state index in [-0.39, 0.29) is 17.8 Å². The van der Waals surface area contributed by atoms with Gasteiger partial charge in [0, 0.05) is 5.92 Å². The summed E-state index contributed by atoms with van der Waals surface area (Å²) in [4.78, 5) is 11.0. The molecule has 0 spiro atoms. The number of hydrogen-bond acceptors (Lipinski definition) is 2. The van der Waals surface area contributed by atoms with Gasteiger partial charge in [0.1, 0.15) is 5.75 Å². The van der Waals surface area contributed by atoms with Crippen LogP contribution in [0.2, 0.25) is 0 Å². The third-order valence-corrected chi connectivity index (χ3v) is 3.72. The Hall–Kier alpha value is -1.51. The maximum atomic E-state index is 11.0. The van der Waals surface area contributed by atoms with E-state index in [2.05, 4.69) is 13.8 Å². The van der Waals surface area contributed by atoms with E-state index < -0.39 is 5.97 Å². The zero-order valence-corrected chi connectivity index (χ0v) is 10.5. The van der Waals surface area contributed by atoms with Crippen LogP contribution in [0, 0.1) is 5.41 Å². The number of fused-ring (bicyclic) bond motifs is 1. The van der Waals surface area contributed by atoms with Gasteiger partial charge in [-0.3, -0.25) is 4.79 Å². The normalized spacial score (nSPS) is 21.0. The number of rotatable bonds is 3. The molecule has 1 aromatic rings. The van der Waals surface area contributed by atoms with Crippen LogP contribution in [0.25, 0.3) is 0 Å². The number of benzene rings is 1. The van der Waals surface area contributed by atoms with E-state index >= 15 is 0 Å².